The molecular formula is C22H26FN5O3S. The molecule has 3 heterocycles. The van der Waals surface area contributed by atoms with Crippen LogP contribution in [-0.2, 0) is 17.9 Å². The monoisotopic (exact) mass is 459 g/mol. The van der Waals surface area contributed by atoms with E-state index < -0.39 is 0 Å². The van der Waals surface area contributed by atoms with Crippen molar-refractivity contribution in [2.45, 2.75) is 25.2 Å². The highest BCUT2D eigenvalue weighted by Crippen LogP contribution is 2.25. The zero-order chi connectivity index (χ0) is 22.5. The number of rotatable bonds is 8. The first-order chi connectivity index (χ1) is 15.6. The lowest BCUT2D eigenvalue weighted by molar-refractivity contribution is -0.130. The Bertz CT molecular complexity index is 1050. The lowest BCUT2D eigenvalue weighted by atomic mass is 10.2. The number of nitrogens with zero attached hydrogens (tertiary/aromatic N) is 5. The molecule has 10 heteroatoms. The van der Waals surface area contributed by atoms with Gasteiger partial charge in [-0.2, -0.15) is 0 Å². The van der Waals surface area contributed by atoms with E-state index in [9.17, 15) is 9.18 Å². The molecule has 1 aromatic carbocycles. The minimum atomic E-state index is -0.356. The van der Waals surface area contributed by atoms with Crippen LogP contribution in [0, 0.1) is 5.82 Å². The molecular weight excluding hydrogens is 433 g/mol. The summed E-state index contributed by atoms with van der Waals surface area (Å²) in [6.45, 7) is 6.13. The summed E-state index contributed by atoms with van der Waals surface area (Å²) in [6, 6.07) is 8.68. The fourth-order valence-corrected chi connectivity index (χ4v) is 4.61. The van der Waals surface area contributed by atoms with E-state index in [-0.39, 0.29) is 17.5 Å². The van der Waals surface area contributed by atoms with Crippen LogP contribution in [0.2, 0.25) is 0 Å². The van der Waals surface area contributed by atoms with Crippen molar-refractivity contribution in [1.29, 1.82) is 0 Å². The summed E-state index contributed by atoms with van der Waals surface area (Å²) in [7, 11) is 1.46. The van der Waals surface area contributed by atoms with Gasteiger partial charge in [0.2, 0.25) is 5.91 Å². The molecule has 8 nitrogen and oxygen atoms in total. The molecule has 1 aliphatic rings. The van der Waals surface area contributed by atoms with Crippen LogP contribution in [0.15, 0.2) is 46.2 Å². The first-order valence-corrected chi connectivity index (χ1v) is 11.5. The number of hydrogen-bond donors (Lipinski definition) is 0. The van der Waals surface area contributed by atoms with Gasteiger partial charge in [-0.15, -0.1) is 10.2 Å². The Morgan fingerprint density at radius 1 is 1.22 bits per heavy atom. The van der Waals surface area contributed by atoms with Gasteiger partial charge in [-0.3, -0.25) is 14.3 Å². The highest BCUT2D eigenvalue weighted by Gasteiger charge is 2.23. The topological polar surface area (TPSA) is 76.6 Å². The van der Waals surface area contributed by atoms with Crippen molar-refractivity contribution in [3.8, 4) is 17.3 Å². The summed E-state index contributed by atoms with van der Waals surface area (Å²) in [6.07, 6.45) is 1.60. The first kappa shape index (κ1) is 22.3. The van der Waals surface area contributed by atoms with Crippen LogP contribution in [-0.4, -0.2) is 69.5 Å². The van der Waals surface area contributed by atoms with Crippen molar-refractivity contribution in [3.05, 3.63) is 48.0 Å². The number of amides is 1. The maximum absolute atomic E-state index is 13.9. The molecule has 4 rings (SSSR count). The standard InChI is InChI=1S/C22H26FN5O3S/c1-3-28-21(19-5-4-12-31-19)24-25-22(28)32-15-20(29)27-10-8-26(9-11-27)14-16-6-7-18(30-2)17(23)13-16/h4-7,12-13H,3,8-11,14-15H2,1-2H3. The van der Waals surface area contributed by atoms with Gasteiger partial charge in [0, 0.05) is 39.3 Å². The fraction of sp³-hybridized carbons (Fsp3) is 0.409. The maximum Gasteiger partial charge on any atom is 0.233 e. The summed E-state index contributed by atoms with van der Waals surface area (Å²) in [4.78, 5) is 16.8. The van der Waals surface area contributed by atoms with Gasteiger partial charge in [0.15, 0.2) is 28.3 Å². The Morgan fingerprint density at radius 2 is 2.03 bits per heavy atom. The Kier molecular flexibility index (Phi) is 7.11. The number of aromatic nitrogens is 3. The third kappa shape index (κ3) is 4.97. The number of carbonyl (C=O) groups is 1. The van der Waals surface area contributed by atoms with Crippen molar-refractivity contribution >= 4 is 17.7 Å². The highest BCUT2D eigenvalue weighted by molar-refractivity contribution is 7.99. The lowest BCUT2D eigenvalue weighted by Gasteiger charge is -2.34. The van der Waals surface area contributed by atoms with Gasteiger partial charge in [-0.1, -0.05) is 17.8 Å². The largest absolute Gasteiger partial charge is 0.494 e. The molecule has 32 heavy (non-hydrogen) atoms. The van der Waals surface area contributed by atoms with Crippen molar-refractivity contribution in [3.63, 3.8) is 0 Å². The molecule has 0 radical (unpaired) electrons. The molecule has 0 saturated carbocycles. The number of piperazine rings is 1. The molecule has 0 unspecified atom stereocenters. The number of halogens is 1. The van der Waals surface area contributed by atoms with Crippen LogP contribution in [0.3, 0.4) is 0 Å². The van der Waals surface area contributed by atoms with Crippen molar-refractivity contribution < 1.29 is 18.3 Å². The molecule has 1 saturated heterocycles. The zero-order valence-corrected chi connectivity index (χ0v) is 19.0. The molecule has 2 aromatic heterocycles. The second-order valence-corrected chi connectivity index (χ2v) is 8.38. The second-order valence-electron chi connectivity index (χ2n) is 7.44. The van der Waals surface area contributed by atoms with E-state index >= 15 is 0 Å². The molecule has 0 bridgehead atoms. The van der Waals surface area contributed by atoms with Gasteiger partial charge < -0.3 is 14.1 Å². The maximum atomic E-state index is 13.9. The molecule has 0 atom stereocenters. The normalized spacial score (nSPS) is 14.7. The molecule has 0 spiro atoms. The number of benzene rings is 1. The van der Waals surface area contributed by atoms with Crippen LogP contribution in [0.5, 0.6) is 5.75 Å². The Labute approximate surface area is 190 Å². The van der Waals surface area contributed by atoms with E-state index in [1.165, 1.54) is 24.9 Å². The third-order valence-corrected chi connectivity index (χ3v) is 6.40. The van der Waals surface area contributed by atoms with Crippen LogP contribution in [0.1, 0.15) is 12.5 Å². The predicted molar refractivity (Wildman–Crippen MR) is 119 cm³/mol. The SMILES string of the molecule is CCn1c(SCC(=O)N2CCN(Cc3ccc(OC)c(F)c3)CC2)nnc1-c1ccco1. The Morgan fingerprint density at radius 3 is 2.69 bits per heavy atom. The molecule has 1 aliphatic heterocycles. The van der Waals surface area contributed by atoms with Crippen LogP contribution < -0.4 is 4.74 Å². The quantitative estimate of drug-likeness (QED) is 0.479. The van der Waals surface area contributed by atoms with Gasteiger partial charge in [0.25, 0.3) is 0 Å². The van der Waals surface area contributed by atoms with Gasteiger partial charge in [0.1, 0.15) is 0 Å². The molecule has 1 fully saturated rings. The third-order valence-electron chi connectivity index (χ3n) is 5.45. The van der Waals surface area contributed by atoms with Crippen LogP contribution in [0.25, 0.3) is 11.6 Å². The van der Waals surface area contributed by atoms with Crippen LogP contribution in [0.4, 0.5) is 4.39 Å². The number of ether oxygens (including phenoxy) is 1. The van der Waals surface area contributed by atoms with Gasteiger partial charge in [0.05, 0.1) is 19.1 Å². The van der Waals surface area contributed by atoms with E-state index in [1.807, 2.05) is 34.6 Å². The zero-order valence-electron chi connectivity index (χ0n) is 18.2. The van der Waals surface area contributed by atoms with E-state index in [2.05, 4.69) is 15.1 Å². The molecule has 1 amide bonds. The van der Waals surface area contributed by atoms with E-state index in [0.717, 1.165) is 18.7 Å². The predicted octanol–water partition coefficient (Wildman–Crippen LogP) is 3.14. The molecule has 0 aliphatic carbocycles. The summed E-state index contributed by atoms with van der Waals surface area (Å²) in [5.41, 5.74) is 0.893. The highest BCUT2D eigenvalue weighted by atomic mass is 32.2. The molecule has 3 aromatic rings. The smallest absolute Gasteiger partial charge is 0.233 e. The summed E-state index contributed by atoms with van der Waals surface area (Å²) >= 11 is 1.39. The second kappa shape index (κ2) is 10.2. The van der Waals surface area contributed by atoms with E-state index in [0.29, 0.717) is 48.7 Å². The molecule has 170 valence electrons. The van der Waals surface area contributed by atoms with E-state index in [4.69, 9.17) is 9.15 Å². The molecule has 0 N–H and O–H groups in total. The number of hydrogen-bond acceptors (Lipinski definition) is 7. The first-order valence-electron chi connectivity index (χ1n) is 10.5. The average Bonchev–Trinajstić information content (AvgIpc) is 3.47. The number of methoxy groups -OCH3 is 1. The van der Waals surface area contributed by atoms with Crippen LogP contribution >= 0.6 is 11.8 Å². The van der Waals surface area contributed by atoms with Crippen molar-refractivity contribution in [2.24, 2.45) is 0 Å². The van der Waals surface area contributed by atoms with Gasteiger partial charge >= 0.3 is 0 Å². The fourth-order valence-electron chi connectivity index (χ4n) is 3.71. The summed E-state index contributed by atoms with van der Waals surface area (Å²) in [5, 5.41) is 9.16. The van der Waals surface area contributed by atoms with Gasteiger partial charge in [-0.25, -0.2) is 4.39 Å². The van der Waals surface area contributed by atoms with Crippen molar-refractivity contribution in [2.75, 3.05) is 39.0 Å². The minimum absolute atomic E-state index is 0.0790. The number of furan rings is 1. The number of carbonyl (C=O) groups excluding carboxylic acids is 1. The average molecular weight is 460 g/mol. The minimum Gasteiger partial charge on any atom is -0.494 e. The Hall–Kier alpha value is -2.85. The summed E-state index contributed by atoms with van der Waals surface area (Å²) < 4.78 is 26.3. The Balaban J connectivity index is 1.28. The lowest BCUT2D eigenvalue weighted by Crippen LogP contribution is -2.48. The van der Waals surface area contributed by atoms with E-state index in [1.54, 1.807) is 12.3 Å². The number of thioether (sulfide) groups is 1. The van der Waals surface area contributed by atoms with Gasteiger partial charge in [-0.05, 0) is 36.8 Å². The summed E-state index contributed by atoms with van der Waals surface area (Å²) in [5.74, 6) is 1.60. The van der Waals surface area contributed by atoms with Crippen molar-refractivity contribution in [1.82, 2.24) is 24.6 Å².